The molecule has 118 valence electrons. The fourth-order valence-electron chi connectivity index (χ4n) is 1.96. The Kier molecular flexibility index (Phi) is 7.45. The zero-order chi connectivity index (χ0) is 16.4. The third-order valence-corrected chi connectivity index (χ3v) is 3.87. The highest BCUT2D eigenvalue weighted by Crippen LogP contribution is 2.27. The predicted molar refractivity (Wildman–Crippen MR) is 97.5 cm³/mol. The lowest BCUT2D eigenvalue weighted by atomic mass is 9.82. The maximum absolute atomic E-state index is 5.41. The summed E-state index contributed by atoms with van der Waals surface area (Å²) in [6.45, 7) is 13.1. The van der Waals surface area contributed by atoms with Gasteiger partial charge in [-0.15, -0.1) is 0 Å². The molecule has 0 aliphatic carbocycles. The molecular weight excluding hydrogens is 268 g/mol. The van der Waals surface area contributed by atoms with Crippen LogP contribution in [0.4, 0.5) is 0 Å². The molecule has 2 rings (SSSR count). The van der Waals surface area contributed by atoms with Gasteiger partial charge in [0, 0.05) is 0 Å². The molecule has 0 unspecified atom stereocenters. The van der Waals surface area contributed by atoms with Gasteiger partial charge < -0.3 is 4.74 Å². The molecule has 0 atom stereocenters. The fourth-order valence-corrected chi connectivity index (χ4v) is 1.96. The van der Waals surface area contributed by atoms with E-state index < -0.39 is 0 Å². The van der Waals surface area contributed by atoms with Gasteiger partial charge in [-0.1, -0.05) is 75.9 Å². The molecule has 0 aliphatic heterocycles. The molecule has 0 fully saturated rings. The van der Waals surface area contributed by atoms with Crippen molar-refractivity contribution in [2.75, 3.05) is 6.61 Å². The molecule has 2 aromatic carbocycles. The van der Waals surface area contributed by atoms with Gasteiger partial charge in [-0.25, -0.2) is 0 Å². The molecule has 2 aromatic rings. The normalized spacial score (nSPS) is 10.4. The van der Waals surface area contributed by atoms with Crippen LogP contribution in [0.1, 0.15) is 45.2 Å². The second kappa shape index (κ2) is 9.09. The summed E-state index contributed by atoms with van der Waals surface area (Å²) in [7, 11) is 0. The minimum atomic E-state index is 0.269. The molecule has 1 heteroatoms. The highest BCUT2D eigenvalue weighted by atomic mass is 16.5. The maximum Gasteiger partial charge on any atom is 0.119 e. The lowest BCUT2D eigenvalue weighted by molar-refractivity contribution is 0.340. The van der Waals surface area contributed by atoms with Crippen LogP contribution in [-0.2, 0) is 5.41 Å². The van der Waals surface area contributed by atoms with Crippen molar-refractivity contribution in [1.82, 2.24) is 0 Å². The third kappa shape index (κ3) is 5.77. The summed E-state index contributed by atoms with van der Waals surface area (Å²) in [6, 6.07) is 18.5. The molecule has 0 radical (unpaired) electrons. The van der Waals surface area contributed by atoms with Gasteiger partial charge in [0.2, 0.25) is 0 Å². The second-order valence-electron chi connectivity index (χ2n) is 5.81. The molecule has 22 heavy (non-hydrogen) atoms. The van der Waals surface area contributed by atoms with Gasteiger partial charge >= 0.3 is 0 Å². The number of ether oxygens (including phenoxy) is 1. The van der Waals surface area contributed by atoms with Gasteiger partial charge in [-0.05, 0) is 42.0 Å². The Bertz CT molecular complexity index is 538. The average Bonchev–Trinajstić information content (AvgIpc) is 2.57. The first-order valence-corrected chi connectivity index (χ1v) is 7.94. The van der Waals surface area contributed by atoms with E-state index in [0.29, 0.717) is 0 Å². The Hall–Kier alpha value is -2.02. The van der Waals surface area contributed by atoms with E-state index in [1.807, 2.05) is 43.3 Å². The molecule has 0 N–H and O–H groups in total. The molecule has 0 saturated heterocycles. The van der Waals surface area contributed by atoms with Crippen molar-refractivity contribution in [1.29, 1.82) is 0 Å². The number of rotatable bonds is 5. The first-order valence-electron chi connectivity index (χ1n) is 7.94. The highest BCUT2D eigenvalue weighted by Gasteiger charge is 2.17. The van der Waals surface area contributed by atoms with Gasteiger partial charge in [0.05, 0.1) is 6.61 Å². The summed E-state index contributed by atoms with van der Waals surface area (Å²) in [4.78, 5) is 0. The van der Waals surface area contributed by atoms with Gasteiger partial charge in [-0.2, -0.15) is 0 Å². The highest BCUT2D eigenvalue weighted by molar-refractivity contribution is 5.45. The molecule has 1 nitrogen and oxygen atoms in total. The van der Waals surface area contributed by atoms with Gasteiger partial charge in [0.1, 0.15) is 5.75 Å². The van der Waals surface area contributed by atoms with E-state index in [2.05, 4.69) is 51.6 Å². The van der Waals surface area contributed by atoms with Crippen molar-refractivity contribution in [3.05, 3.63) is 72.3 Å². The van der Waals surface area contributed by atoms with Crippen molar-refractivity contribution in [2.24, 2.45) is 0 Å². The Morgan fingerprint density at radius 2 is 1.55 bits per heavy atom. The minimum Gasteiger partial charge on any atom is -0.494 e. The molecular formula is C21H28O. The second-order valence-corrected chi connectivity index (χ2v) is 5.81. The molecule has 0 heterocycles. The van der Waals surface area contributed by atoms with Crippen LogP contribution in [0.25, 0.3) is 6.08 Å². The van der Waals surface area contributed by atoms with E-state index in [9.17, 15) is 0 Å². The fraction of sp³-hybridized carbons (Fsp3) is 0.333. The van der Waals surface area contributed by atoms with Crippen molar-refractivity contribution in [2.45, 2.75) is 39.5 Å². The summed E-state index contributed by atoms with van der Waals surface area (Å²) < 4.78 is 5.41. The molecule has 0 spiro atoms. The molecule has 0 aliphatic rings. The van der Waals surface area contributed by atoms with Crippen molar-refractivity contribution in [3.63, 3.8) is 0 Å². The lowest BCUT2D eigenvalue weighted by Gasteiger charge is -2.23. The van der Waals surface area contributed by atoms with Gasteiger partial charge in [-0.3, -0.25) is 0 Å². The van der Waals surface area contributed by atoms with Crippen LogP contribution in [0.15, 0.2) is 61.2 Å². The van der Waals surface area contributed by atoms with Gasteiger partial charge in [0.15, 0.2) is 0 Å². The van der Waals surface area contributed by atoms with Crippen LogP contribution >= 0.6 is 0 Å². The van der Waals surface area contributed by atoms with Crippen LogP contribution in [0, 0.1) is 0 Å². The first kappa shape index (κ1) is 18.0. The average molecular weight is 296 g/mol. The van der Waals surface area contributed by atoms with E-state index in [4.69, 9.17) is 4.74 Å². The standard InChI is InChI=1S/C13H20O.C8H8/c1-5-13(3,4)11-7-9-12(10-8-11)14-6-2;1-2-8-6-4-3-5-7-8/h7-10H,5-6H2,1-4H3;2-7H,1H2. The van der Waals surface area contributed by atoms with Crippen LogP contribution in [-0.4, -0.2) is 6.61 Å². The summed E-state index contributed by atoms with van der Waals surface area (Å²) in [5.41, 5.74) is 2.82. The van der Waals surface area contributed by atoms with E-state index in [-0.39, 0.29) is 5.41 Å². The van der Waals surface area contributed by atoms with E-state index in [1.165, 1.54) is 11.1 Å². The Balaban J connectivity index is 0.000000255. The van der Waals surface area contributed by atoms with Crippen LogP contribution in [0.2, 0.25) is 0 Å². The Morgan fingerprint density at radius 1 is 0.955 bits per heavy atom. The maximum atomic E-state index is 5.41. The number of hydrogen-bond acceptors (Lipinski definition) is 1. The summed E-state index contributed by atoms with van der Waals surface area (Å²) in [6.07, 6.45) is 2.99. The third-order valence-electron chi connectivity index (χ3n) is 3.87. The zero-order valence-corrected chi connectivity index (χ0v) is 14.3. The summed E-state index contributed by atoms with van der Waals surface area (Å²) >= 11 is 0. The van der Waals surface area contributed by atoms with Crippen LogP contribution in [0.3, 0.4) is 0 Å². The van der Waals surface area contributed by atoms with E-state index >= 15 is 0 Å². The number of hydrogen-bond donors (Lipinski definition) is 0. The zero-order valence-electron chi connectivity index (χ0n) is 14.3. The SMILES string of the molecule is C=Cc1ccccc1.CCOc1ccc(C(C)(C)CC)cc1. The summed E-state index contributed by atoms with van der Waals surface area (Å²) in [5, 5.41) is 0. The quantitative estimate of drug-likeness (QED) is 0.647. The van der Waals surface area contributed by atoms with Crippen LogP contribution in [0.5, 0.6) is 5.75 Å². The van der Waals surface area contributed by atoms with E-state index in [0.717, 1.165) is 18.8 Å². The monoisotopic (exact) mass is 296 g/mol. The Labute approximate surface area is 135 Å². The van der Waals surface area contributed by atoms with Crippen molar-refractivity contribution >= 4 is 6.08 Å². The Morgan fingerprint density at radius 3 is 1.95 bits per heavy atom. The topological polar surface area (TPSA) is 9.23 Å². The van der Waals surface area contributed by atoms with Crippen LogP contribution < -0.4 is 4.74 Å². The largest absolute Gasteiger partial charge is 0.494 e. The number of benzene rings is 2. The molecule has 0 bridgehead atoms. The first-order chi connectivity index (χ1) is 10.5. The van der Waals surface area contributed by atoms with E-state index in [1.54, 1.807) is 0 Å². The molecule has 0 aromatic heterocycles. The van der Waals surface area contributed by atoms with Gasteiger partial charge in [0.25, 0.3) is 0 Å². The van der Waals surface area contributed by atoms with Crippen molar-refractivity contribution in [3.8, 4) is 5.75 Å². The molecule has 0 saturated carbocycles. The smallest absolute Gasteiger partial charge is 0.119 e. The van der Waals surface area contributed by atoms with Crippen molar-refractivity contribution < 1.29 is 4.74 Å². The predicted octanol–water partition coefficient (Wildman–Crippen LogP) is 6.10. The molecule has 0 amide bonds. The minimum absolute atomic E-state index is 0.269. The lowest BCUT2D eigenvalue weighted by Crippen LogP contribution is -2.14. The summed E-state index contributed by atoms with van der Waals surface area (Å²) in [5.74, 6) is 0.961.